The van der Waals surface area contributed by atoms with E-state index >= 15 is 0 Å². The van der Waals surface area contributed by atoms with E-state index in [1.54, 1.807) is 0 Å². The summed E-state index contributed by atoms with van der Waals surface area (Å²) in [7, 11) is 0. The predicted octanol–water partition coefficient (Wildman–Crippen LogP) is 0.860. The average Bonchev–Trinajstić information content (AvgIpc) is 2.91. The van der Waals surface area contributed by atoms with Gasteiger partial charge < -0.3 is 20.1 Å². The van der Waals surface area contributed by atoms with Gasteiger partial charge in [0.05, 0.1) is 11.2 Å². The van der Waals surface area contributed by atoms with Crippen molar-refractivity contribution in [3.05, 3.63) is 17.8 Å². The third-order valence-electron chi connectivity index (χ3n) is 3.90. The van der Waals surface area contributed by atoms with Crippen LogP contribution in [0.5, 0.6) is 11.5 Å². The summed E-state index contributed by atoms with van der Waals surface area (Å²) >= 11 is 0. The molecule has 3 N–H and O–H groups in total. The standard InChI is InChI=1S/C15H17N5O3/c1-7-3-13(21)19-14(16-7)20-15-17-8(2)9-4-11-12(23-6-22-11)5-10(9)18-15/h4-5,7,14,16H,3,6H2,1-2H3,(H,19,21)(H,17,18,20). The monoisotopic (exact) mass is 315 g/mol. The van der Waals surface area contributed by atoms with Crippen LogP contribution in [-0.2, 0) is 4.79 Å². The molecule has 1 saturated heterocycles. The number of nitrogens with zero attached hydrogens (tertiary/aromatic N) is 2. The summed E-state index contributed by atoms with van der Waals surface area (Å²) in [6.07, 6.45) is 0.0660. The van der Waals surface area contributed by atoms with Crippen LogP contribution in [0.25, 0.3) is 10.9 Å². The van der Waals surface area contributed by atoms with Crippen molar-refractivity contribution in [2.75, 3.05) is 12.1 Å². The highest BCUT2D eigenvalue weighted by atomic mass is 16.7. The zero-order valence-corrected chi connectivity index (χ0v) is 12.8. The number of hydrogen-bond donors (Lipinski definition) is 3. The van der Waals surface area contributed by atoms with Crippen LogP contribution in [0.15, 0.2) is 12.1 Å². The van der Waals surface area contributed by atoms with Gasteiger partial charge in [-0.3, -0.25) is 10.1 Å². The van der Waals surface area contributed by atoms with Gasteiger partial charge in [0.2, 0.25) is 18.6 Å². The molecule has 2 aliphatic rings. The lowest BCUT2D eigenvalue weighted by atomic mass is 10.2. The molecule has 120 valence electrons. The second-order valence-electron chi connectivity index (χ2n) is 5.77. The van der Waals surface area contributed by atoms with E-state index in [9.17, 15) is 4.79 Å². The van der Waals surface area contributed by atoms with E-state index < -0.39 is 6.29 Å². The molecule has 0 saturated carbocycles. The first-order chi connectivity index (χ1) is 11.1. The maximum absolute atomic E-state index is 11.6. The second kappa shape index (κ2) is 5.24. The highest BCUT2D eigenvalue weighted by Crippen LogP contribution is 2.36. The first-order valence-corrected chi connectivity index (χ1v) is 7.48. The molecule has 2 atom stereocenters. The first-order valence-electron chi connectivity index (χ1n) is 7.48. The minimum Gasteiger partial charge on any atom is -0.454 e. The maximum Gasteiger partial charge on any atom is 0.231 e. The van der Waals surface area contributed by atoms with Crippen molar-refractivity contribution in [3.63, 3.8) is 0 Å². The van der Waals surface area contributed by atoms with Gasteiger partial charge in [0.25, 0.3) is 0 Å². The van der Waals surface area contributed by atoms with Gasteiger partial charge in [-0.2, -0.15) is 0 Å². The number of fused-ring (bicyclic) bond motifs is 2. The largest absolute Gasteiger partial charge is 0.454 e. The van der Waals surface area contributed by atoms with Crippen LogP contribution in [0.2, 0.25) is 0 Å². The van der Waals surface area contributed by atoms with Crippen molar-refractivity contribution < 1.29 is 14.3 Å². The number of ether oxygens (including phenoxy) is 2. The second-order valence-corrected chi connectivity index (χ2v) is 5.77. The van der Waals surface area contributed by atoms with E-state index in [4.69, 9.17) is 9.47 Å². The molecule has 1 amide bonds. The molecule has 2 aliphatic heterocycles. The Bertz CT molecular complexity index is 794. The Balaban J connectivity index is 1.65. The number of nitrogens with one attached hydrogen (secondary N) is 3. The van der Waals surface area contributed by atoms with Crippen LogP contribution in [0.3, 0.4) is 0 Å². The number of carbonyl (C=O) groups excluding carboxylic acids is 1. The average molecular weight is 315 g/mol. The number of anilines is 1. The van der Waals surface area contributed by atoms with Crippen molar-refractivity contribution in [3.8, 4) is 11.5 Å². The molecule has 8 heteroatoms. The Morgan fingerprint density at radius 3 is 2.83 bits per heavy atom. The third-order valence-corrected chi connectivity index (χ3v) is 3.90. The van der Waals surface area contributed by atoms with Crippen molar-refractivity contribution in [2.24, 2.45) is 0 Å². The lowest BCUT2D eigenvalue weighted by Gasteiger charge is -2.30. The van der Waals surface area contributed by atoms with Gasteiger partial charge in [0.15, 0.2) is 17.8 Å². The molecule has 3 heterocycles. The molecule has 1 fully saturated rings. The zero-order valence-electron chi connectivity index (χ0n) is 12.8. The Labute approximate surface area is 132 Å². The number of aryl methyl sites for hydroxylation is 1. The molecule has 0 aliphatic carbocycles. The lowest BCUT2D eigenvalue weighted by molar-refractivity contribution is -0.123. The minimum absolute atomic E-state index is 0.00497. The number of aromatic nitrogens is 2. The fourth-order valence-corrected chi connectivity index (χ4v) is 2.83. The summed E-state index contributed by atoms with van der Waals surface area (Å²) in [5.41, 5.74) is 1.59. The number of amides is 1. The molecule has 0 bridgehead atoms. The van der Waals surface area contributed by atoms with Gasteiger partial charge in [-0.1, -0.05) is 0 Å². The van der Waals surface area contributed by atoms with Gasteiger partial charge >= 0.3 is 0 Å². The van der Waals surface area contributed by atoms with Gasteiger partial charge in [0, 0.05) is 23.9 Å². The molecule has 1 aromatic heterocycles. The van der Waals surface area contributed by atoms with Crippen LogP contribution in [0.4, 0.5) is 5.95 Å². The van der Waals surface area contributed by atoms with Crippen LogP contribution in [0.1, 0.15) is 19.0 Å². The molecule has 2 unspecified atom stereocenters. The lowest BCUT2D eigenvalue weighted by Crippen LogP contribution is -2.59. The molecule has 23 heavy (non-hydrogen) atoms. The van der Waals surface area contributed by atoms with Gasteiger partial charge in [0.1, 0.15) is 0 Å². The zero-order chi connectivity index (χ0) is 16.0. The topological polar surface area (TPSA) is 97.4 Å². The molecular weight excluding hydrogens is 298 g/mol. The highest BCUT2D eigenvalue weighted by Gasteiger charge is 2.23. The van der Waals surface area contributed by atoms with E-state index in [0.717, 1.165) is 16.6 Å². The van der Waals surface area contributed by atoms with Crippen LogP contribution >= 0.6 is 0 Å². The summed E-state index contributed by atoms with van der Waals surface area (Å²) in [5, 5.41) is 10.1. The third kappa shape index (κ3) is 2.61. The molecular formula is C15H17N5O3. The van der Waals surface area contributed by atoms with Crippen LogP contribution in [-0.4, -0.2) is 35.0 Å². The maximum atomic E-state index is 11.6. The normalized spacial score (nSPS) is 23.0. The number of rotatable bonds is 2. The van der Waals surface area contributed by atoms with Crippen LogP contribution in [0, 0.1) is 6.92 Å². The Morgan fingerprint density at radius 2 is 2.04 bits per heavy atom. The van der Waals surface area contributed by atoms with Crippen molar-refractivity contribution >= 4 is 22.8 Å². The Morgan fingerprint density at radius 1 is 1.26 bits per heavy atom. The van der Waals surface area contributed by atoms with E-state index in [2.05, 4.69) is 25.9 Å². The molecule has 4 rings (SSSR count). The summed E-state index contributed by atoms with van der Waals surface area (Å²) in [4.78, 5) is 20.6. The van der Waals surface area contributed by atoms with Crippen molar-refractivity contribution in [1.82, 2.24) is 20.6 Å². The predicted molar refractivity (Wildman–Crippen MR) is 83.2 cm³/mol. The first kappa shape index (κ1) is 14.0. The van der Waals surface area contributed by atoms with Gasteiger partial charge in [-0.25, -0.2) is 9.97 Å². The molecule has 0 radical (unpaired) electrons. The quantitative estimate of drug-likeness (QED) is 0.756. The number of carbonyl (C=O) groups is 1. The Hall–Kier alpha value is -2.61. The fraction of sp³-hybridized carbons (Fsp3) is 0.400. The number of benzene rings is 1. The minimum atomic E-state index is -0.392. The molecule has 0 spiro atoms. The van der Waals surface area contributed by atoms with E-state index in [1.165, 1.54) is 0 Å². The highest BCUT2D eigenvalue weighted by molar-refractivity contribution is 5.85. The molecule has 1 aromatic carbocycles. The van der Waals surface area contributed by atoms with Gasteiger partial charge in [-0.15, -0.1) is 0 Å². The van der Waals surface area contributed by atoms with Gasteiger partial charge in [-0.05, 0) is 19.9 Å². The smallest absolute Gasteiger partial charge is 0.231 e. The van der Waals surface area contributed by atoms with E-state index in [0.29, 0.717) is 23.9 Å². The summed E-state index contributed by atoms with van der Waals surface area (Å²) in [6.45, 7) is 4.09. The Kier molecular flexibility index (Phi) is 3.19. The summed E-state index contributed by atoms with van der Waals surface area (Å²) in [5.74, 6) is 1.83. The molecule has 2 aromatic rings. The van der Waals surface area contributed by atoms with Crippen LogP contribution < -0.4 is 25.4 Å². The molecule has 8 nitrogen and oxygen atoms in total. The number of hydrogen-bond acceptors (Lipinski definition) is 7. The summed E-state index contributed by atoms with van der Waals surface area (Å²) < 4.78 is 10.8. The van der Waals surface area contributed by atoms with E-state index in [-0.39, 0.29) is 18.7 Å². The SMILES string of the molecule is Cc1nc(NC2NC(=O)CC(C)N2)nc2cc3c(cc12)OCO3. The van der Waals surface area contributed by atoms with Crippen molar-refractivity contribution in [2.45, 2.75) is 32.6 Å². The summed E-state index contributed by atoms with van der Waals surface area (Å²) in [6, 6.07) is 3.82. The fourth-order valence-electron chi connectivity index (χ4n) is 2.83. The van der Waals surface area contributed by atoms with Crippen molar-refractivity contribution in [1.29, 1.82) is 0 Å². The van der Waals surface area contributed by atoms with E-state index in [1.807, 2.05) is 26.0 Å².